The molecule has 0 heterocycles. The van der Waals surface area contributed by atoms with E-state index >= 15 is 0 Å². The first-order valence-corrected chi connectivity index (χ1v) is 8.31. The van der Waals surface area contributed by atoms with Crippen LogP contribution in [0.2, 0.25) is 0 Å². The molecule has 0 spiro atoms. The van der Waals surface area contributed by atoms with Gasteiger partial charge in [-0.05, 0) is 45.0 Å². The van der Waals surface area contributed by atoms with Gasteiger partial charge in [0, 0.05) is 0 Å². The summed E-state index contributed by atoms with van der Waals surface area (Å²) in [6.07, 6.45) is 4.74. The van der Waals surface area contributed by atoms with E-state index in [1.54, 1.807) is 0 Å². The van der Waals surface area contributed by atoms with Crippen molar-refractivity contribution in [3.63, 3.8) is 0 Å². The largest absolute Gasteiger partial charge is 0.0855 e. The fourth-order valence-electron chi connectivity index (χ4n) is 2.11. The van der Waals surface area contributed by atoms with Crippen LogP contribution in [0.4, 0.5) is 0 Å². The molecule has 0 radical (unpaired) electrons. The molecule has 0 bridgehead atoms. The van der Waals surface area contributed by atoms with Crippen LogP contribution in [0.3, 0.4) is 0 Å². The Hall–Kier alpha value is -1.39. The fourth-order valence-corrected chi connectivity index (χ4v) is 4.37. The van der Waals surface area contributed by atoms with Crippen molar-refractivity contribution in [3.05, 3.63) is 72.3 Å². The first-order chi connectivity index (χ1) is 9.27. The zero-order valence-electron chi connectivity index (χ0n) is 11.7. The van der Waals surface area contributed by atoms with Gasteiger partial charge >= 0.3 is 0 Å². The van der Waals surface area contributed by atoms with Crippen molar-refractivity contribution in [3.8, 4) is 0 Å². The third-order valence-corrected chi connectivity index (χ3v) is 5.59. The summed E-state index contributed by atoms with van der Waals surface area (Å²) >= 11 is 0. The topological polar surface area (TPSA) is 0 Å². The minimum Gasteiger partial charge on any atom is -0.0855 e. The Balaban J connectivity index is 2.21. The van der Waals surface area contributed by atoms with Crippen LogP contribution in [0.25, 0.3) is 0 Å². The summed E-state index contributed by atoms with van der Waals surface area (Å²) in [5.41, 5.74) is 1.41. The van der Waals surface area contributed by atoms with Gasteiger partial charge in [0.1, 0.15) is 0 Å². The Morgan fingerprint density at radius 1 is 0.842 bits per heavy atom. The van der Waals surface area contributed by atoms with Gasteiger partial charge in [-0.25, -0.2) is 0 Å². The molecule has 0 aliphatic rings. The molecule has 0 N–H and O–H groups in total. The molecule has 0 aromatic heterocycles. The zero-order valence-corrected chi connectivity index (χ0v) is 12.6. The fraction of sp³-hybridized carbons (Fsp3) is 0.222. The molecule has 19 heavy (non-hydrogen) atoms. The molecular formula is C18H21P. The third-order valence-electron chi connectivity index (χ3n) is 3.04. The highest BCUT2D eigenvalue weighted by Crippen LogP contribution is 2.34. The van der Waals surface area contributed by atoms with Crippen LogP contribution in [0, 0.1) is 0 Å². The summed E-state index contributed by atoms with van der Waals surface area (Å²) in [5, 5.41) is 2.96. The Kier molecular flexibility index (Phi) is 5.36. The first kappa shape index (κ1) is 14.0. The minimum absolute atomic E-state index is 0.226. The molecular weight excluding hydrogens is 247 g/mol. The van der Waals surface area contributed by atoms with E-state index in [-0.39, 0.29) is 7.92 Å². The number of hydrogen-bond acceptors (Lipinski definition) is 0. The highest BCUT2D eigenvalue weighted by atomic mass is 31.1. The summed E-state index contributed by atoms with van der Waals surface area (Å²) in [6, 6.07) is 21.8. The molecule has 2 rings (SSSR count). The van der Waals surface area contributed by atoms with E-state index in [9.17, 15) is 0 Å². The van der Waals surface area contributed by atoms with E-state index in [0.717, 1.165) is 6.42 Å². The molecule has 0 atom stereocenters. The molecule has 0 aliphatic carbocycles. The summed E-state index contributed by atoms with van der Waals surface area (Å²) in [6.45, 7) is 4.35. The monoisotopic (exact) mass is 268 g/mol. The SMILES string of the molecule is CC(C)=CCCP(c1ccccc1)c1ccccc1. The predicted molar refractivity (Wildman–Crippen MR) is 88.0 cm³/mol. The van der Waals surface area contributed by atoms with Crippen molar-refractivity contribution in [2.45, 2.75) is 20.3 Å². The smallest absolute Gasteiger partial charge is 0.0195 e. The first-order valence-electron chi connectivity index (χ1n) is 6.78. The molecule has 0 fully saturated rings. The maximum absolute atomic E-state index is 2.35. The molecule has 0 saturated carbocycles. The second kappa shape index (κ2) is 7.26. The molecule has 0 unspecified atom stereocenters. The lowest BCUT2D eigenvalue weighted by Gasteiger charge is -2.18. The van der Waals surface area contributed by atoms with Gasteiger partial charge in [0.05, 0.1) is 0 Å². The van der Waals surface area contributed by atoms with Crippen molar-refractivity contribution in [2.24, 2.45) is 0 Å². The lowest BCUT2D eigenvalue weighted by molar-refractivity contribution is 1.18. The van der Waals surface area contributed by atoms with Crippen molar-refractivity contribution in [1.82, 2.24) is 0 Å². The molecule has 0 saturated heterocycles. The highest BCUT2D eigenvalue weighted by molar-refractivity contribution is 7.73. The van der Waals surface area contributed by atoms with Crippen LogP contribution in [-0.4, -0.2) is 6.16 Å². The lowest BCUT2D eigenvalue weighted by atomic mass is 10.3. The van der Waals surface area contributed by atoms with Crippen molar-refractivity contribution in [1.29, 1.82) is 0 Å². The second-order valence-corrected chi connectivity index (χ2v) is 7.23. The Bertz CT molecular complexity index is 470. The van der Waals surface area contributed by atoms with Gasteiger partial charge in [-0.15, -0.1) is 0 Å². The van der Waals surface area contributed by atoms with Gasteiger partial charge in [0.25, 0.3) is 0 Å². The quantitative estimate of drug-likeness (QED) is 0.554. The summed E-state index contributed by atoms with van der Waals surface area (Å²) in [5.74, 6) is 0. The van der Waals surface area contributed by atoms with E-state index in [4.69, 9.17) is 0 Å². The van der Waals surface area contributed by atoms with Gasteiger partial charge in [0.15, 0.2) is 0 Å². The Morgan fingerprint density at radius 3 is 1.74 bits per heavy atom. The molecule has 0 amide bonds. The molecule has 0 aliphatic heterocycles. The standard InChI is InChI=1S/C18H21P/c1-16(2)10-9-15-19(17-11-5-3-6-12-17)18-13-7-4-8-14-18/h3-8,10-14H,9,15H2,1-2H3. The van der Waals surface area contributed by atoms with Gasteiger partial charge in [0.2, 0.25) is 0 Å². The summed E-state index contributed by atoms with van der Waals surface area (Å²) in [4.78, 5) is 0. The van der Waals surface area contributed by atoms with Gasteiger partial charge in [-0.3, -0.25) is 0 Å². The van der Waals surface area contributed by atoms with Crippen LogP contribution in [0.15, 0.2) is 72.3 Å². The molecule has 98 valence electrons. The summed E-state index contributed by atoms with van der Waals surface area (Å²) < 4.78 is 0. The van der Waals surface area contributed by atoms with Crippen molar-refractivity contribution < 1.29 is 0 Å². The number of hydrogen-bond donors (Lipinski definition) is 0. The molecule has 0 nitrogen and oxygen atoms in total. The highest BCUT2D eigenvalue weighted by Gasteiger charge is 2.11. The molecule has 2 aromatic rings. The van der Waals surface area contributed by atoms with Crippen LogP contribution in [0.1, 0.15) is 20.3 Å². The zero-order chi connectivity index (χ0) is 13.5. The van der Waals surface area contributed by atoms with Gasteiger partial charge < -0.3 is 0 Å². The summed E-state index contributed by atoms with van der Waals surface area (Å²) in [7, 11) is -0.226. The average Bonchev–Trinajstić information content (AvgIpc) is 2.45. The lowest BCUT2D eigenvalue weighted by Crippen LogP contribution is -2.13. The average molecular weight is 268 g/mol. The third kappa shape index (κ3) is 4.33. The number of benzene rings is 2. The van der Waals surface area contributed by atoms with Gasteiger partial charge in [-0.1, -0.05) is 72.3 Å². The van der Waals surface area contributed by atoms with Crippen LogP contribution >= 0.6 is 7.92 Å². The van der Waals surface area contributed by atoms with E-state index in [1.807, 2.05) is 0 Å². The van der Waals surface area contributed by atoms with Crippen LogP contribution in [-0.2, 0) is 0 Å². The van der Waals surface area contributed by atoms with Crippen molar-refractivity contribution in [2.75, 3.05) is 6.16 Å². The van der Waals surface area contributed by atoms with Crippen molar-refractivity contribution >= 4 is 18.5 Å². The minimum atomic E-state index is -0.226. The molecule has 1 heteroatoms. The van der Waals surface area contributed by atoms with E-state index < -0.39 is 0 Å². The second-order valence-electron chi connectivity index (χ2n) is 4.89. The maximum atomic E-state index is 2.35. The molecule has 2 aromatic carbocycles. The predicted octanol–water partition coefficient (Wildman–Crippen LogP) is 4.48. The van der Waals surface area contributed by atoms with E-state index in [1.165, 1.54) is 22.3 Å². The normalized spacial score (nSPS) is 10.5. The maximum Gasteiger partial charge on any atom is -0.0195 e. The van der Waals surface area contributed by atoms with E-state index in [2.05, 4.69) is 80.6 Å². The van der Waals surface area contributed by atoms with E-state index in [0.29, 0.717) is 0 Å². The number of rotatable bonds is 5. The van der Waals surface area contributed by atoms with Gasteiger partial charge in [-0.2, -0.15) is 0 Å². The Morgan fingerprint density at radius 2 is 1.32 bits per heavy atom. The Labute approximate surface area is 117 Å². The van der Waals surface area contributed by atoms with Crippen LogP contribution in [0.5, 0.6) is 0 Å². The van der Waals surface area contributed by atoms with Crippen LogP contribution < -0.4 is 10.6 Å². The number of allylic oxidation sites excluding steroid dienone is 2.